The van der Waals surface area contributed by atoms with Crippen LogP contribution < -0.4 is 5.32 Å². The van der Waals surface area contributed by atoms with Crippen LogP contribution in [0.25, 0.3) is 0 Å². The predicted octanol–water partition coefficient (Wildman–Crippen LogP) is 3.90. The fourth-order valence-corrected chi connectivity index (χ4v) is 3.77. The molecule has 1 amide bonds. The van der Waals surface area contributed by atoms with Gasteiger partial charge in [-0.1, -0.05) is 44.0 Å². The molecule has 0 radical (unpaired) electrons. The maximum atomic E-state index is 12.6. The van der Waals surface area contributed by atoms with E-state index in [1.807, 2.05) is 13.8 Å². The monoisotopic (exact) mass is 469 g/mol. The number of halogens is 2. The number of amides is 1. The summed E-state index contributed by atoms with van der Waals surface area (Å²) in [5.74, 6) is -1.72. The fraction of sp³-hybridized carbons (Fsp3) is 0.524. The zero-order valence-electron chi connectivity index (χ0n) is 17.8. The molecular formula is C21H26BCl2NO6. The topological polar surface area (TPSA) is 98.8 Å². The molecule has 0 unspecified atom stereocenters. The lowest BCUT2D eigenvalue weighted by Crippen LogP contribution is -2.46. The largest absolute Gasteiger partial charge is 0.531 e. The second-order valence-electron chi connectivity index (χ2n) is 7.95. The van der Waals surface area contributed by atoms with Crippen molar-refractivity contribution < 1.29 is 28.5 Å². The lowest BCUT2D eigenvalue weighted by molar-refractivity contribution is -0.148. The summed E-state index contributed by atoms with van der Waals surface area (Å²) < 4.78 is 11.0. The number of hydrogen-bond donors (Lipinski definition) is 1. The minimum absolute atomic E-state index is 0.0206. The normalized spacial score (nSPS) is 17.3. The van der Waals surface area contributed by atoms with Gasteiger partial charge in [-0.2, -0.15) is 0 Å². The van der Waals surface area contributed by atoms with Crippen LogP contribution in [0, 0.1) is 5.92 Å². The van der Waals surface area contributed by atoms with Gasteiger partial charge in [0.1, 0.15) is 6.10 Å². The summed E-state index contributed by atoms with van der Waals surface area (Å²) in [5.41, 5.74) is 0.172. The molecule has 1 aliphatic heterocycles. The number of carbonyl (C=O) groups excluding carboxylic acids is 4. The van der Waals surface area contributed by atoms with Crippen LogP contribution in [0.3, 0.4) is 0 Å². The third kappa shape index (κ3) is 7.63. The zero-order valence-corrected chi connectivity index (χ0v) is 19.3. The first-order valence-corrected chi connectivity index (χ1v) is 11.0. The number of Topliss-reactive ketones (excluding diaryl/α,β-unsaturated/α-hetero) is 2. The Morgan fingerprint density at radius 3 is 2.61 bits per heavy atom. The quantitative estimate of drug-likeness (QED) is 0.521. The summed E-state index contributed by atoms with van der Waals surface area (Å²) in [6.45, 7) is 5.41. The van der Waals surface area contributed by atoms with Gasteiger partial charge in [0.15, 0.2) is 11.6 Å². The maximum absolute atomic E-state index is 12.6. The molecule has 7 nitrogen and oxygen atoms in total. The Bertz CT molecular complexity index is 847. The van der Waals surface area contributed by atoms with Crippen LogP contribution in [0.4, 0.5) is 0 Å². The molecule has 1 fully saturated rings. The number of rotatable bonds is 10. The molecule has 1 aliphatic rings. The second kappa shape index (κ2) is 11.6. The van der Waals surface area contributed by atoms with Crippen molar-refractivity contribution in [2.45, 2.75) is 58.4 Å². The van der Waals surface area contributed by atoms with E-state index in [-0.39, 0.29) is 53.9 Å². The first-order valence-electron chi connectivity index (χ1n) is 10.2. The summed E-state index contributed by atoms with van der Waals surface area (Å²) in [4.78, 5) is 48.9. The summed E-state index contributed by atoms with van der Waals surface area (Å²) in [6.07, 6.45) is -0.165. The van der Waals surface area contributed by atoms with Crippen molar-refractivity contribution in [1.82, 2.24) is 5.32 Å². The molecule has 2 atom stereocenters. The van der Waals surface area contributed by atoms with Gasteiger partial charge >= 0.3 is 7.12 Å². The summed E-state index contributed by atoms with van der Waals surface area (Å²) in [7, 11) is -0.980. The van der Waals surface area contributed by atoms with Gasteiger partial charge in [0.2, 0.25) is 0 Å². The number of hydrogen-bond acceptors (Lipinski definition) is 6. The Hall–Kier alpha value is -1.90. The predicted molar refractivity (Wildman–Crippen MR) is 118 cm³/mol. The molecule has 1 N–H and O–H groups in total. The van der Waals surface area contributed by atoms with Gasteiger partial charge in [-0.05, 0) is 30.5 Å². The summed E-state index contributed by atoms with van der Waals surface area (Å²) >= 11 is 11.9. The van der Waals surface area contributed by atoms with Crippen LogP contribution in [-0.4, -0.2) is 43.2 Å². The Balaban J connectivity index is 2.02. The molecule has 1 aromatic carbocycles. The van der Waals surface area contributed by atoms with Crippen molar-refractivity contribution in [1.29, 1.82) is 0 Å². The highest BCUT2D eigenvalue weighted by atomic mass is 35.5. The first kappa shape index (κ1) is 25.4. The van der Waals surface area contributed by atoms with E-state index in [1.165, 1.54) is 12.1 Å². The Kier molecular flexibility index (Phi) is 9.53. The number of carbonyl (C=O) groups is 4. The highest BCUT2D eigenvalue weighted by Gasteiger charge is 2.43. The molecule has 1 heterocycles. The number of nitrogens with one attached hydrogen (secondary N) is 1. The SMILES string of the molecule is CCC(=O)[C@H]1CC(=O)OB([C@@H](CC(=O)CNC(=O)c2cc(Cl)ccc2Cl)CC(C)C)O1. The second-order valence-corrected chi connectivity index (χ2v) is 8.79. The van der Waals surface area contributed by atoms with Crippen LogP contribution in [0.5, 0.6) is 0 Å². The van der Waals surface area contributed by atoms with E-state index in [4.69, 9.17) is 32.5 Å². The highest BCUT2D eigenvalue weighted by Crippen LogP contribution is 2.30. The summed E-state index contributed by atoms with van der Waals surface area (Å²) in [5, 5.41) is 3.11. The van der Waals surface area contributed by atoms with E-state index in [1.54, 1.807) is 13.0 Å². The van der Waals surface area contributed by atoms with Crippen LogP contribution in [0.15, 0.2) is 18.2 Å². The van der Waals surface area contributed by atoms with E-state index in [0.717, 1.165) is 0 Å². The van der Waals surface area contributed by atoms with E-state index in [2.05, 4.69) is 5.32 Å². The van der Waals surface area contributed by atoms with Crippen molar-refractivity contribution in [2.75, 3.05) is 6.54 Å². The molecule has 2 rings (SSSR count). The van der Waals surface area contributed by atoms with Crippen LogP contribution in [0.1, 0.15) is 56.8 Å². The van der Waals surface area contributed by atoms with Crippen molar-refractivity contribution in [3.63, 3.8) is 0 Å². The molecule has 0 aromatic heterocycles. The third-order valence-corrected chi connectivity index (χ3v) is 5.44. The molecule has 0 saturated carbocycles. The van der Waals surface area contributed by atoms with E-state index >= 15 is 0 Å². The number of ketones is 2. The lowest BCUT2D eigenvalue weighted by Gasteiger charge is -2.31. The van der Waals surface area contributed by atoms with Gasteiger partial charge in [-0.15, -0.1) is 0 Å². The van der Waals surface area contributed by atoms with Crippen molar-refractivity contribution in [3.05, 3.63) is 33.8 Å². The van der Waals surface area contributed by atoms with Crippen LogP contribution >= 0.6 is 23.2 Å². The highest BCUT2D eigenvalue weighted by molar-refractivity contribution is 6.50. The van der Waals surface area contributed by atoms with Crippen molar-refractivity contribution in [3.8, 4) is 0 Å². The molecule has 1 saturated heterocycles. The van der Waals surface area contributed by atoms with Crippen molar-refractivity contribution in [2.24, 2.45) is 5.92 Å². The molecular weight excluding hydrogens is 444 g/mol. The van der Waals surface area contributed by atoms with E-state index < -0.39 is 30.9 Å². The standard InChI is InChI=1S/C21H26BCl2NO6/c1-4-18(27)19-10-20(28)31-22(30-19)13(7-12(2)3)8-15(26)11-25-21(29)16-9-14(23)5-6-17(16)24/h5-6,9,12-13,19H,4,7-8,10-11H2,1-3H3,(H,25,29)/t13-,19-/m1/s1. The molecule has 0 spiro atoms. The number of benzene rings is 1. The molecule has 10 heteroatoms. The molecule has 1 aromatic rings. The van der Waals surface area contributed by atoms with Gasteiger partial charge in [0, 0.05) is 23.7 Å². The molecule has 168 valence electrons. The van der Waals surface area contributed by atoms with E-state index in [0.29, 0.717) is 11.4 Å². The third-order valence-electron chi connectivity index (χ3n) is 4.87. The minimum atomic E-state index is -0.980. The van der Waals surface area contributed by atoms with Gasteiger partial charge < -0.3 is 14.6 Å². The Labute approximate surface area is 192 Å². The Morgan fingerprint density at radius 1 is 1.26 bits per heavy atom. The lowest BCUT2D eigenvalue weighted by atomic mass is 9.64. The molecule has 0 bridgehead atoms. The average Bonchev–Trinajstić information content (AvgIpc) is 2.71. The maximum Gasteiger partial charge on any atom is 0.531 e. The van der Waals surface area contributed by atoms with Crippen molar-refractivity contribution >= 4 is 53.8 Å². The van der Waals surface area contributed by atoms with Gasteiger partial charge in [0.25, 0.3) is 11.9 Å². The molecule has 0 aliphatic carbocycles. The summed E-state index contributed by atoms with van der Waals surface area (Å²) in [6, 6.07) is 4.48. The fourth-order valence-electron chi connectivity index (χ4n) is 3.40. The average molecular weight is 470 g/mol. The van der Waals surface area contributed by atoms with Gasteiger partial charge in [-0.25, -0.2) is 0 Å². The van der Waals surface area contributed by atoms with Crippen LogP contribution in [-0.2, 0) is 23.7 Å². The zero-order chi connectivity index (χ0) is 23.1. The minimum Gasteiger partial charge on any atom is -0.509 e. The van der Waals surface area contributed by atoms with Gasteiger partial charge in [-0.3, -0.25) is 19.2 Å². The first-order chi connectivity index (χ1) is 14.6. The van der Waals surface area contributed by atoms with E-state index in [9.17, 15) is 19.2 Å². The Morgan fingerprint density at radius 2 is 1.97 bits per heavy atom. The molecule has 31 heavy (non-hydrogen) atoms. The van der Waals surface area contributed by atoms with Gasteiger partial charge in [0.05, 0.1) is 23.6 Å². The smallest absolute Gasteiger partial charge is 0.509 e. The van der Waals surface area contributed by atoms with Crippen LogP contribution in [0.2, 0.25) is 15.9 Å².